The maximum atomic E-state index is 11.1. The number of fused-ring (bicyclic) bond motifs is 1. The van der Waals surface area contributed by atoms with Gasteiger partial charge in [0.15, 0.2) is 12.2 Å². The summed E-state index contributed by atoms with van der Waals surface area (Å²) >= 11 is 0. The van der Waals surface area contributed by atoms with E-state index in [0.29, 0.717) is 0 Å². The van der Waals surface area contributed by atoms with Gasteiger partial charge in [-0.3, -0.25) is 0 Å². The quantitative estimate of drug-likeness (QED) is 0.518. The third-order valence-corrected chi connectivity index (χ3v) is 2.83. The Hall–Kier alpha value is -1.66. The van der Waals surface area contributed by atoms with Crippen molar-refractivity contribution in [3.05, 3.63) is 25.3 Å². The van der Waals surface area contributed by atoms with Gasteiger partial charge in [0.25, 0.3) is 0 Å². The minimum absolute atomic E-state index is 0.219. The molecule has 2 aliphatic heterocycles. The average molecular weight is 254 g/mol. The summed E-state index contributed by atoms with van der Waals surface area (Å²) in [6.07, 6.45) is 0.364. The highest BCUT2D eigenvalue weighted by Crippen LogP contribution is 2.30. The second-order valence-corrected chi connectivity index (χ2v) is 3.95. The van der Waals surface area contributed by atoms with Gasteiger partial charge in [-0.1, -0.05) is 13.2 Å². The van der Waals surface area contributed by atoms with Gasteiger partial charge in [0.2, 0.25) is 0 Å². The predicted octanol–water partition coefficient (Wildman–Crippen LogP) is -0.0204. The molecular weight excluding hydrogens is 240 g/mol. The van der Waals surface area contributed by atoms with Crippen molar-refractivity contribution in [1.29, 1.82) is 0 Å². The van der Waals surface area contributed by atoms with Crippen LogP contribution in [0.2, 0.25) is 0 Å². The minimum atomic E-state index is -0.528. The molecule has 0 spiro atoms. The van der Waals surface area contributed by atoms with Gasteiger partial charge in [-0.05, 0) is 0 Å². The molecule has 0 radical (unpaired) electrons. The molecule has 0 unspecified atom stereocenters. The Balaban J connectivity index is 1.94. The fraction of sp³-hybridized carbons (Fsp3) is 0.500. The van der Waals surface area contributed by atoms with E-state index in [2.05, 4.69) is 13.2 Å². The highest BCUT2D eigenvalue weighted by Gasteiger charge is 2.50. The molecule has 6 heteroatoms. The average Bonchev–Trinajstić information content (AvgIpc) is 2.93. The zero-order valence-electron chi connectivity index (χ0n) is 9.74. The fourth-order valence-corrected chi connectivity index (χ4v) is 2.03. The molecule has 2 saturated heterocycles. The lowest BCUT2D eigenvalue weighted by molar-refractivity contribution is -0.149. The Kier molecular flexibility index (Phi) is 3.78. The van der Waals surface area contributed by atoms with Crippen LogP contribution in [0.1, 0.15) is 0 Å². The summed E-state index contributed by atoms with van der Waals surface area (Å²) in [6.45, 7) is 7.07. The van der Waals surface area contributed by atoms with Crippen LogP contribution in [0.5, 0.6) is 0 Å². The van der Waals surface area contributed by atoms with Crippen molar-refractivity contribution >= 4 is 11.9 Å². The van der Waals surface area contributed by atoms with E-state index in [1.807, 2.05) is 0 Å². The van der Waals surface area contributed by atoms with Crippen molar-refractivity contribution in [2.45, 2.75) is 24.4 Å². The van der Waals surface area contributed by atoms with Crippen molar-refractivity contribution < 1.29 is 28.5 Å². The summed E-state index contributed by atoms with van der Waals surface area (Å²) in [6, 6.07) is 0. The zero-order chi connectivity index (χ0) is 13.1. The van der Waals surface area contributed by atoms with Crippen LogP contribution in [0.15, 0.2) is 25.3 Å². The molecule has 0 aromatic rings. The SMILES string of the molecule is C=CC(=O)O[C@H]1CO[C@H]2[C@@H]1OC[C@H]2OC(=O)C=C. The van der Waals surface area contributed by atoms with E-state index in [1.54, 1.807) is 0 Å². The van der Waals surface area contributed by atoms with E-state index >= 15 is 0 Å². The topological polar surface area (TPSA) is 71.1 Å². The van der Waals surface area contributed by atoms with E-state index in [0.717, 1.165) is 12.2 Å². The number of rotatable bonds is 4. The van der Waals surface area contributed by atoms with Gasteiger partial charge < -0.3 is 18.9 Å². The molecule has 6 nitrogen and oxygen atoms in total. The van der Waals surface area contributed by atoms with Gasteiger partial charge in [0, 0.05) is 12.2 Å². The third-order valence-electron chi connectivity index (χ3n) is 2.83. The van der Waals surface area contributed by atoms with Crippen molar-refractivity contribution in [1.82, 2.24) is 0 Å². The molecule has 98 valence electrons. The number of carbonyl (C=O) groups excluding carboxylic acids is 2. The second-order valence-electron chi connectivity index (χ2n) is 3.95. The van der Waals surface area contributed by atoms with Gasteiger partial charge in [-0.25, -0.2) is 9.59 Å². The molecule has 0 saturated carbocycles. The first-order valence-corrected chi connectivity index (χ1v) is 5.55. The highest BCUT2D eigenvalue weighted by atomic mass is 16.7. The van der Waals surface area contributed by atoms with E-state index in [1.165, 1.54) is 0 Å². The van der Waals surface area contributed by atoms with Crippen LogP contribution >= 0.6 is 0 Å². The monoisotopic (exact) mass is 254 g/mol. The summed E-state index contributed by atoms with van der Waals surface area (Å²) < 4.78 is 21.1. The fourth-order valence-electron chi connectivity index (χ4n) is 2.03. The number of hydrogen-bond acceptors (Lipinski definition) is 6. The Labute approximate surface area is 104 Å². The van der Waals surface area contributed by atoms with Crippen LogP contribution in [0.3, 0.4) is 0 Å². The first-order chi connectivity index (χ1) is 8.65. The Morgan fingerprint density at radius 2 is 1.33 bits per heavy atom. The van der Waals surface area contributed by atoms with Crippen LogP contribution in [0.4, 0.5) is 0 Å². The zero-order valence-corrected chi connectivity index (χ0v) is 9.74. The Bertz CT molecular complexity index is 341. The maximum Gasteiger partial charge on any atom is 0.330 e. The van der Waals surface area contributed by atoms with Gasteiger partial charge >= 0.3 is 11.9 Å². The van der Waals surface area contributed by atoms with E-state index < -0.39 is 36.4 Å². The summed E-state index contributed by atoms with van der Waals surface area (Å²) in [5.74, 6) is -1.06. The van der Waals surface area contributed by atoms with Crippen LogP contribution in [-0.4, -0.2) is 49.6 Å². The van der Waals surface area contributed by atoms with Gasteiger partial charge in [-0.2, -0.15) is 0 Å². The Morgan fingerprint density at radius 3 is 1.67 bits per heavy atom. The van der Waals surface area contributed by atoms with Gasteiger partial charge in [-0.15, -0.1) is 0 Å². The maximum absolute atomic E-state index is 11.1. The molecular formula is C12H14O6. The highest BCUT2D eigenvalue weighted by molar-refractivity contribution is 5.81. The number of carbonyl (C=O) groups is 2. The molecule has 0 aromatic carbocycles. The van der Waals surface area contributed by atoms with Crippen LogP contribution in [0, 0.1) is 0 Å². The molecule has 0 aromatic heterocycles. The lowest BCUT2D eigenvalue weighted by atomic mass is 10.1. The van der Waals surface area contributed by atoms with Crippen molar-refractivity contribution in [2.24, 2.45) is 0 Å². The third kappa shape index (κ3) is 2.44. The van der Waals surface area contributed by atoms with Crippen LogP contribution < -0.4 is 0 Å². The standard InChI is InChI=1S/C12H14O6/c1-3-9(13)17-7-5-15-12-8(6-16-11(7)12)18-10(14)4-2/h3-4,7-8,11-12H,1-2,5-6H2/t7-,8+,11-,12-/m1/s1. The van der Waals surface area contributed by atoms with Crippen LogP contribution in [0.25, 0.3) is 0 Å². The Morgan fingerprint density at radius 1 is 0.944 bits per heavy atom. The van der Waals surface area contributed by atoms with Crippen molar-refractivity contribution in [2.75, 3.05) is 13.2 Å². The molecule has 2 fully saturated rings. The first kappa shape index (κ1) is 12.8. The molecule has 2 aliphatic rings. The molecule has 0 bridgehead atoms. The summed E-state index contributed by atoms with van der Waals surface area (Å²) in [7, 11) is 0. The van der Waals surface area contributed by atoms with E-state index in [-0.39, 0.29) is 13.2 Å². The van der Waals surface area contributed by atoms with E-state index in [4.69, 9.17) is 18.9 Å². The van der Waals surface area contributed by atoms with Gasteiger partial charge in [0.1, 0.15) is 12.2 Å². The van der Waals surface area contributed by atoms with Gasteiger partial charge in [0.05, 0.1) is 13.2 Å². The molecule has 0 aliphatic carbocycles. The molecule has 2 rings (SSSR count). The predicted molar refractivity (Wildman–Crippen MR) is 59.6 cm³/mol. The number of esters is 2. The van der Waals surface area contributed by atoms with Crippen LogP contribution in [-0.2, 0) is 28.5 Å². The molecule has 0 amide bonds. The smallest absolute Gasteiger partial charge is 0.330 e. The molecule has 4 atom stereocenters. The minimum Gasteiger partial charge on any atom is -0.454 e. The largest absolute Gasteiger partial charge is 0.454 e. The first-order valence-electron chi connectivity index (χ1n) is 5.55. The van der Waals surface area contributed by atoms with E-state index in [9.17, 15) is 9.59 Å². The molecule has 18 heavy (non-hydrogen) atoms. The number of ether oxygens (including phenoxy) is 4. The van der Waals surface area contributed by atoms with Crippen molar-refractivity contribution in [3.8, 4) is 0 Å². The number of hydrogen-bond donors (Lipinski definition) is 0. The lowest BCUT2D eigenvalue weighted by Crippen LogP contribution is -2.35. The normalized spacial score (nSPS) is 33.6. The second kappa shape index (κ2) is 5.32. The summed E-state index contributed by atoms with van der Waals surface area (Å²) in [5.41, 5.74) is 0. The summed E-state index contributed by atoms with van der Waals surface area (Å²) in [4.78, 5) is 22.2. The molecule has 2 heterocycles. The lowest BCUT2D eigenvalue weighted by Gasteiger charge is -2.16. The molecule has 0 N–H and O–H groups in total. The van der Waals surface area contributed by atoms with Crippen molar-refractivity contribution in [3.63, 3.8) is 0 Å². The summed E-state index contributed by atoms with van der Waals surface area (Å²) in [5, 5.41) is 0.